The van der Waals surface area contributed by atoms with Crippen LogP contribution in [0.5, 0.6) is 5.75 Å². The lowest BCUT2D eigenvalue weighted by Crippen LogP contribution is -2.27. The second-order valence-electron chi connectivity index (χ2n) is 4.08. The summed E-state index contributed by atoms with van der Waals surface area (Å²) in [7, 11) is 1.59. The molecule has 0 aromatic heterocycles. The summed E-state index contributed by atoms with van der Waals surface area (Å²) in [6, 6.07) is 11.3. The third kappa shape index (κ3) is 2.63. The smallest absolute Gasteiger partial charge is 0.261 e. The molecule has 0 unspecified atom stereocenters. The van der Waals surface area contributed by atoms with Crippen LogP contribution >= 0.6 is 11.6 Å². The molecule has 4 nitrogen and oxygen atoms in total. The molecule has 0 bridgehead atoms. The highest BCUT2D eigenvalue weighted by atomic mass is 35.5. The lowest BCUT2D eigenvalue weighted by atomic mass is 10.1. The summed E-state index contributed by atoms with van der Waals surface area (Å²) in [6.45, 7) is 0. The fourth-order valence-electron chi connectivity index (χ4n) is 1.76. The largest absolute Gasteiger partial charge is 0.507 e. The molecule has 0 aliphatic carbocycles. The van der Waals surface area contributed by atoms with Crippen LogP contribution in [-0.4, -0.2) is 18.1 Å². The van der Waals surface area contributed by atoms with Crippen LogP contribution in [0.4, 0.5) is 11.4 Å². The van der Waals surface area contributed by atoms with Gasteiger partial charge in [0.2, 0.25) is 0 Å². The van der Waals surface area contributed by atoms with Crippen molar-refractivity contribution in [2.75, 3.05) is 17.7 Å². The van der Waals surface area contributed by atoms with E-state index in [1.54, 1.807) is 31.3 Å². The molecule has 2 rings (SSSR count). The molecular formula is C14H13ClN2O2. The van der Waals surface area contributed by atoms with Crippen LogP contribution in [0.3, 0.4) is 0 Å². The van der Waals surface area contributed by atoms with Gasteiger partial charge in [-0.15, -0.1) is 0 Å². The van der Waals surface area contributed by atoms with Crippen molar-refractivity contribution in [2.24, 2.45) is 0 Å². The first-order valence-electron chi connectivity index (χ1n) is 5.62. The Balaban J connectivity index is 2.39. The number of rotatable bonds is 2. The van der Waals surface area contributed by atoms with E-state index in [4.69, 9.17) is 17.3 Å². The summed E-state index contributed by atoms with van der Waals surface area (Å²) >= 11 is 5.84. The molecule has 0 radical (unpaired) electrons. The van der Waals surface area contributed by atoms with E-state index in [2.05, 4.69) is 0 Å². The van der Waals surface area contributed by atoms with Gasteiger partial charge in [-0.25, -0.2) is 0 Å². The number of amides is 1. The average molecular weight is 277 g/mol. The van der Waals surface area contributed by atoms with E-state index in [0.717, 1.165) is 0 Å². The van der Waals surface area contributed by atoms with Gasteiger partial charge in [0.05, 0.1) is 16.9 Å². The number of phenols is 1. The predicted octanol–water partition coefficient (Wildman–Crippen LogP) is 2.90. The Bertz CT molecular complexity index is 629. The number of carbonyl (C=O) groups is 1. The van der Waals surface area contributed by atoms with Crippen molar-refractivity contribution >= 4 is 28.9 Å². The fraction of sp³-hybridized carbons (Fsp3) is 0.0714. The lowest BCUT2D eigenvalue weighted by molar-refractivity contribution is 0.0990. The second-order valence-corrected chi connectivity index (χ2v) is 4.52. The molecule has 1 amide bonds. The van der Waals surface area contributed by atoms with E-state index in [0.29, 0.717) is 16.4 Å². The van der Waals surface area contributed by atoms with Crippen LogP contribution in [0.15, 0.2) is 42.5 Å². The average Bonchev–Trinajstić information content (AvgIpc) is 2.40. The number of aromatic hydroxyl groups is 1. The summed E-state index contributed by atoms with van der Waals surface area (Å²) < 4.78 is 0. The zero-order valence-corrected chi connectivity index (χ0v) is 11.1. The Morgan fingerprint density at radius 1 is 1.26 bits per heavy atom. The van der Waals surface area contributed by atoms with Crippen molar-refractivity contribution in [1.82, 2.24) is 0 Å². The van der Waals surface area contributed by atoms with Gasteiger partial charge in [0, 0.05) is 12.1 Å². The number of phenolic OH excluding ortho intramolecular Hbond substituents is 1. The van der Waals surface area contributed by atoms with E-state index in [1.165, 1.54) is 23.1 Å². The van der Waals surface area contributed by atoms with Crippen molar-refractivity contribution in [3.05, 3.63) is 53.1 Å². The zero-order chi connectivity index (χ0) is 14.0. The van der Waals surface area contributed by atoms with E-state index in [9.17, 15) is 9.90 Å². The fourth-order valence-corrected chi connectivity index (χ4v) is 1.93. The molecule has 2 aromatic rings. The summed E-state index contributed by atoms with van der Waals surface area (Å²) in [4.78, 5) is 13.7. The number of carbonyl (C=O) groups excluding carboxylic acids is 1. The molecule has 0 spiro atoms. The van der Waals surface area contributed by atoms with Gasteiger partial charge in [-0.3, -0.25) is 4.79 Å². The van der Waals surface area contributed by atoms with Crippen molar-refractivity contribution in [3.63, 3.8) is 0 Å². The van der Waals surface area contributed by atoms with Gasteiger partial charge in [0.1, 0.15) is 5.75 Å². The minimum atomic E-state index is -0.377. The van der Waals surface area contributed by atoms with Gasteiger partial charge in [0.15, 0.2) is 0 Å². The summed E-state index contributed by atoms with van der Waals surface area (Å²) in [5, 5.41) is 10.1. The van der Waals surface area contributed by atoms with Gasteiger partial charge >= 0.3 is 0 Å². The number of para-hydroxylation sites is 2. The predicted molar refractivity (Wildman–Crippen MR) is 76.7 cm³/mol. The Morgan fingerprint density at radius 2 is 1.95 bits per heavy atom. The highest BCUT2D eigenvalue weighted by Crippen LogP contribution is 2.27. The first kappa shape index (κ1) is 13.2. The Morgan fingerprint density at radius 3 is 2.63 bits per heavy atom. The second kappa shape index (κ2) is 5.20. The van der Waals surface area contributed by atoms with Gasteiger partial charge in [0.25, 0.3) is 5.91 Å². The molecule has 0 atom stereocenters. The molecule has 0 aliphatic rings. The molecule has 5 heteroatoms. The minimum absolute atomic E-state index is 0.115. The maximum Gasteiger partial charge on any atom is 0.261 e. The van der Waals surface area contributed by atoms with Crippen molar-refractivity contribution < 1.29 is 9.90 Å². The first-order chi connectivity index (χ1) is 9.00. The number of halogens is 1. The number of nitrogen functional groups attached to an aromatic ring is 1. The number of nitrogens with zero attached hydrogens (tertiary/aromatic N) is 1. The maximum atomic E-state index is 12.3. The molecule has 19 heavy (non-hydrogen) atoms. The highest BCUT2D eigenvalue weighted by Gasteiger charge is 2.18. The van der Waals surface area contributed by atoms with Crippen molar-refractivity contribution in [3.8, 4) is 5.75 Å². The lowest BCUT2D eigenvalue weighted by Gasteiger charge is -2.19. The number of benzene rings is 2. The molecule has 98 valence electrons. The first-order valence-corrected chi connectivity index (χ1v) is 5.99. The third-order valence-electron chi connectivity index (χ3n) is 2.79. The highest BCUT2D eigenvalue weighted by molar-refractivity contribution is 6.31. The van der Waals surface area contributed by atoms with E-state index in [-0.39, 0.29) is 17.2 Å². The van der Waals surface area contributed by atoms with Gasteiger partial charge < -0.3 is 15.7 Å². The number of nitrogens with two attached hydrogens (primary N) is 1. The van der Waals surface area contributed by atoms with Crippen LogP contribution in [-0.2, 0) is 0 Å². The molecule has 0 fully saturated rings. The quantitative estimate of drug-likeness (QED) is 0.829. The van der Waals surface area contributed by atoms with E-state index in [1.807, 2.05) is 0 Å². The van der Waals surface area contributed by atoms with Crippen LogP contribution in [0.2, 0.25) is 5.02 Å². The summed E-state index contributed by atoms with van der Waals surface area (Å²) in [5.41, 5.74) is 7.02. The van der Waals surface area contributed by atoms with E-state index >= 15 is 0 Å². The van der Waals surface area contributed by atoms with Crippen LogP contribution in [0, 0.1) is 0 Å². The summed E-state index contributed by atoms with van der Waals surface area (Å²) in [6.07, 6.45) is 0. The van der Waals surface area contributed by atoms with Gasteiger partial charge in [-0.2, -0.15) is 0 Å². The maximum absolute atomic E-state index is 12.3. The molecule has 2 aromatic carbocycles. The van der Waals surface area contributed by atoms with Crippen molar-refractivity contribution in [2.45, 2.75) is 0 Å². The normalized spacial score (nSPS) is 10.2. The Labute approximate surface area is 116 Å². The molecular weight excluding hydrogens is 264 g/mol. The molecule has 3 N–H and O–H groups in total. The third-order valence-corrected chi connectivity index (χ3v) is 3.03. The number of hydrogen-bond donors (Lipinski definition) is 2. The number of hydrogen-bond acceptors (Lipinski definition) is 3. The Hall–Kier alpha value is -2.20. The molecule has 0 saturated carbocycles. The SMILES string of the molecule is CN(C(=O)c1cc(Cl)ccc1O)c1ccccc1N. The minimum Gasteiger partial charge on any atom is -0.507 e. The van der Waals surface area contributed by atoms with Crippen molar-refractivity contribution in [1.29, 1.82) is 0 Å². The molecule has 0 saturated heterocycles. The number of anilines is 2. The topological polar surface area (TPSA) is 66.6 Å². The molecule has 0 heterocycles. The monoisotopic (exact) mass is 276 g/mol. The van der Waals surface area contributed by atoms with Gasteiger partial charge in [-0.1, -0.05) is 23.7 Å². The zero-order valence-electron chi connectivity index (χ0n) is 10.3. The Kier molecular flexibility index (Phi) is 3.62. The van der Waals surface area contributed by atoms with Crippen LogP contribution < -0.4 is 10.6 Å². The summed E-state index contributed by atoms with van der Waals surface area (Å²) in [5.74, 6) is -0.492. The van der Waals surface area contributed by atoms with E-state index < -0.39 is 0 Å². The van der Waals surface area contributed by atoms with Crippen LogP contribution in [0.1, 0.15) is 10.4 Å². The van der Waals surface area contributed by atoms with Crippen LogP contribution in [0.25, 0.3) is 0 Å². The van der Waals surface area contributed by atoms with Gasteiger partial charge in [-0.05, 0) is 30.3 Å². The standard InChI is InChI=1S/C14H13ClN2O2/c1-17(12-5-3-2-4-11(12)16)14(19)10-8-9(15)6-7-13(10)18/h2-8,18H,16H2,1H3. The molecule has 0 aliphatic heterocycles.